The maximum Gasteiger partial charge on any atom is 0.243 e. The third-order valence-corrected chi connectivity index (χ3v) is 8.04. The lowest BCUT2D eigenvalue weighted by atomic mass is 9.99. The van der Waals surface area contributed by atoms with Crippen molar-refractivity contribution in [1.82, 2.24) is 9.21 Å². The molecule has 0 aliphatic carbocycles. The van der Waals surface area contributed by atoms with Crippen molar-refractivity contribution >= 4 is 50.7 Å². The molecule has 2 aromatic carbocycles. The standard InChI is InChI=1S/C21H23Cl3N2O3S/c1-15-8-10-25(11-9-15)21(27)14-26(13-16-2-7-19(23)20(24)12-16)30(28,29)18-5-3-17(22)4-6-18/h2-7,12,15H,8-11,13-14H2,1H3. The normalized spacial score (nSPS) is 15.6. The van der Waals surface area contributed by atoms with Crippen molar-refractivity contribution in [2.24, 2.45) is 5.92 Å². The topological polar surface area (TPSA) is 57.7 Å². The van der Waals surface area contributed by atoms with Crippen LogP contribution in [0.15, 0.2) is 47.4 Å². The lowest BCUT2D eigenvalue weighted by Gasteiger charge is -2.32. The van der Waals surface area contributed by atoms with Crippen molar-refractivity contribution in [2.75, 3.05) is 19.6 Å². The first kappa shape index (κ1) is 23.4. The number of benzene rings is 2. The number of carbonyl (C=O) groups excluding carboxylic acids is 1. The van der Waals surface area contributed by atoms with Crippen LogP contribution in [0, 0.1) is 5.92 Å². The maximum absolute atomic E-state index is 13.3. The summed E-state index contributed by atoms with van der Waals surface area (Å²) >= 11 is 18.0. The van der Waals surface area contributed by atoms with Gasteiger partial charge >= 0.3 is 0 Å². The van der Waals surface area contributed by atoms with E-state index in [0.29, 0.717) is 39.6 Å². The zero-order chi connectivity index (χ0) is 21.9. The first-order valence-corrected chi connectivity index (χ1v) is 12.2. The summed E-state index contributed by atoms with van der Waals surface area (Å²) in [6.07, 6.45) is 1.84. The highest BCUT2D eigenvalue weighted by atomic mass is 35.5. The molecular formula is C21H23Cl3N2O3S. The number of rotatable bonds is 6. The van der Waals surface area contributed by atoms with Crippen molar-refractivity contribution in [3.05, 3.63) is 63.1 Å². The van der Waals surface area contributed by atoms with Crippen LogP contribution in [0.4, 0.5) is 0 Å². The minimum atomic E-state index is -3.93. The van der Waals surface area contributed by atoms with Crippen LogP contribution in [-0.4, -0.2) is 43.2 Å². The van der Waals surface area contributed by atoms with Crippen LogP contribution in [0.25, 0.3) is 0 Å². The molecule has 1 aliphatic rings. The van der Waals surface area contributed by atoms with Gasteiger partial charge in [0.15, 0.2) is 0 Å². The van der Waals surface area contributed by atoms with Crippen molar-refractivity contribution < 1.29 is 13.2 Å². The smallest absolute Gasteiger partial charge is 0.243 e. The Morgan fingerprint density at radius 2 is 1.67 bits per heavy atom. The average molecular weight is 490 g/mol. The molecule has 0 saturated carbocycles. The van der Waals surface area contributed by atoms with Crippen molar-refractivity contribution in [2.45, 2.75) is 31.2 Å². The molecule has 9 heteroatoms. The van der Waals surface area contributed by atoms with Gasteiger partial charge in [-0.25, -0.2) is 8.42 Å². The molecule has 1 aliphatic heterocycles. The molecule has 5 nitrogen and oxygen atoms in total. The molecule has 1 amide bonds. The van der Waals surface area contributed by atoms with Crippen molar-refractivity contribution in [1.29, 1.82) is 0 Å². The minimum absolute atomic E-state index is 0.00215. The summed E-state index contributed by atoms with van der Waals surface area (Å²) in [5.41, 5.74) is 0.641. The quantitative estimate of drug-likeness (QED) is 0.567. The number of likely N-dealkylation sites (tertiary alicyclic amines) is 1. The van der Waals surface area contributed by atoms with E-state index in [2.05, 4.69) is 6.92 Å². The van der Waals surface area contributed by atoms with Gasteiger partial charge in [0.05, 0.1) is 21.5 Å². The van der Waals surface area contributed by atoms with Gasteiger partial charge in [0, 0.05) is 24.7 Å². The van der Waals surface area contributed by atoms with Gasteiger partial charge in [-0.15, -0.1) is 0 Å². The highest BCUT2D eigenvalue weighted by molar-refractivity contribution is 7.89. The molecule has 162 valence electrons. The Labute approximate surface area is 192 Å². The van der Waals surface area contributed by atoms with E-state index in [4.69, 9.17) is 34.8 Å². The molecular weight excluding hydrogens is 467 g/mol. The summed E-state index contributed by atoms with van der Waals surface area (Å²) in [5.74, 6) is 0.360. The van der Waals surface area contributed by atoms with Crippen LogP contribution < -0.4 is 0 Å². The molecule has 0 aromatic heterocycles. The summed E-state index contributed by atoms with van der Waals surface area (Å²) < 4.78 is 27.8. The maximum atomic E-state index is 13.3. The molecule has 0 unspecified atom stereocenters. The van der Waals surface area contributed by atoms with Gasteiger partial charge in [-0.2, -0.15) is 4.31 Å². The summed E-state index contributed by atoms with van der Waals surface area (Å²) in [4.78, 5) is 14.7. The number of carbonyl (C=O) groups is 1. The van der Waals surface area contributed by atoms with E-state index >= 15 is 0 Å². The molecule has 30 heavy (non-hydrogen) atoms. The van der Waals surface area contributed by atoms with Crippen LogP contribution >= 0.6 is 34.8 Å². The molecule has 1 heterocycles. The zero-order valence-electron chi connectivity index (χ0n) is 16.5. The van der Waals surface area contributed by atoms with Gasteiger partial charge in [-0.05, 0) is 60.7 Å². The van der Waals surface area contributed by atoms with E-state index in [1.807, 2.05) is 0 Å². The molecule has 0 radical (unpaired) electrons. The second kappa shape index (κ2) is 9.88. The SMILES string of the molecule is CC1CCN(C(=O)CN(Cc2ccc(Cl)c(Cl)c2)S(=O)(=O)c2ccc(Cl)cc2)CC1. The molecule has 2 aromatic rings. The van der Waals surface area contributed by atoms with Crippen LogP contribution in [0.2, 0.25) is 15.1 Å². The number of halogens is 3. The number of hydrogen-bond acceptors (Lipinski definition) is 3. The molecule has 0 atom stereocenters. The van der Waals surface area contributed by atoms with Gasteiger partial charge < -0.3 is 4.90 Å². The summed E-state index contributed by atoms with van der Waals surface area (Å²) in [5, 5.41) is 1.14. The third-order valence-electron chi connectivity index (χ3n) is 5.24. The van der Waals surface area contributed by atoms with Gasteiger partial charge in [0.2, 0.25) is 15.9 Å². The van der Waals surface area contributed by atoms with E-state index in [1.165, 1.54) is 28.6 Å². The van der Waals surface area contributed by atoms with Crippen molar-refractivity contribution in [3.63, 3.8) is 0 Å². The Hall–Kier alpha value is -1.31. The van der Waals surface area contributed by atoms with Crippen LogP contribution in [0.1, 0.15) is 25.3 Å². The first-order valence-electron chi connectivity index (χ1n) is 9.64. The highest BCUT2D eigenvalue weighted by Crippen LogP contribution is 2.26. The summed E-state index contributed by atoms with van der Waals surface area (Å²) in [6, 6.07) is 10.8. The fourth-order valence-corrected chi connectivity index (χ4v) is 5.16. The number of amides is 1. The van der Waals surface area contributed by atoms with Crippen molar-refractivity contribution in [3.8, 4) is 0 Å². The predicted octanol–water partition coefficient (Wildman–Crippen LogP) is 5.10. The Morgan fingerprint density at radius 3 is 2.27 bits per heavy atom. The number of piperidine rings is 1. The van der Waals surface area contributed by atoms with Crippen LogP contribution in [-0.2, 0) is 21.4 Å². The zero-order valence-corrected chi connectivity index (χ0v) is 19.6. The second-order valence-electron chi connectivity index (χ2n) is 7.54. The lowest BCUT2D eigenvalue weighted by Crippen LogP contribution is -2.45. The monoisotopic (exact) mass is 488 g/mol. The number of sulfonamides is 1. The van der Waals surface area contributed by atoms with E-state index in [0.717, 1.165) is 12.8 Å². The Morgan fingerprint density at radius 1 is 1.03 bits per heavy atom. The molecule has 0 bridgehead atoms. The molecule has 3 rings (SSSR count). The number of nitrogens with zero attached hydrogens (tertiary/aromatic N) is 2. The first-order chi connectivity index (χ1) is 14.2. The molecule has 0 spiro atoms. The van der Waals surface area contributed by atoms with Crippen LogP contribution in [0.3, 0.4) is 0 Å². The number of hydrogen-bond donors (Lipinski definition) is 0. The van der Waals surface area contributed by atoms with Gasteiger partial charge in [-0.3, -0.25) is 4.79 Å². The average Bonchev–Trinajstić information content (AvgIpc) is 2.71. The predicted molar refractivity (Wildman–Crippen MR) is 120 cm³/mol. The molecule has 0 N–H and O–H groups in total. The fourth-order valence-electron chi connectivity index (χ4n) is 3.33. The highest BCUT2D eigenvalue weighted by Gasteiger charge is 2.30. The van der Waals surface area contributed by atoms with Crippen LogP contribution in [0.5, 0.6) is 0 Å². The van der Waals surface area contributed by atoms with E-state index < -0.39 is 10.0 Å². The third kappa shape index (κ3) is 5.68. The van der Waals surface area contributed by atoms with Gasteiger partial charge in [-0.1, -0.05) is 47.8 Å². The largest absolute Gasteiger partial charge is 0.342 e. The van der Waals surface area contributed by atoms with Gasteiger partial charge in [0.25, 0.3) is 0 Å². The molecule has 1 fully saturated rings. The van der Waals surface area contributed by atoms with E-state index in [9.17, 15) is 13.2 Å². The lowest BCUT2D eigenvalue weighted by molar-refractivity contribution is -0.132. The Kier molecular flexibility index (Phi) is 7.69. The Balaban J connectivity index is 1.88. The summed E-state index contributed by atoms with van der Waals surface area (Å²) in [7, 11) is -3.93. The fraction of sp³-hybridized carbons (Fsp3) is 0.381. The molecule has 1 saturated heterocycles. The second-order valence-corrected chi connectivity index (χ2v) is 10.7. The van der Waals surface area contributed by atoms with E-state index in [1.54, 1.807) is 23.1 Å². The summed E-state index contributed by atoms with van der Waals surface area (Å²) in [6.45, 7) is 3.18. The van der Waals surface area contributed by atoms with Gasteiger partial charge in [0.1, 0.15) is 0 Å². The minimum Gasteiger partial charge on any atom is -0.342 e. The Bertz CT molecular complexity index is 1000. The van der Waals surface area contributed by atoms with E-state index in [-0.39, 0.29) is 23.9 Å².